The van der Waals surface area contributed by atoms with E-state index in [4.69, 9.17) is 4.42 Å². The van der Waals surface area contributed by atoms with Crippen LogP contribution in [0.5, 0.6) is 0 Å². The number of likely N-dealkylation sites (tertiary alicyclic amines) is 1. The minimum Gasteiger partial charge on any atom is -0.459 e. The van der Waals surface area contributed by atoms with Crippen LogP contribution in [0.2, 0.25) is 0 Å². The minimum absolute atomic E-state index is 0.0298. The summed E-state index contributed by atoms with van der Waals surface area (Å²) < 4.78 is 4.98. The first-order valence-corrected chi connectivity index (χ1v) is 7.30. The number of nitrogens with zero attached hydrogens (tertiary/aromatic N) is 1. The molecule has 6 heteroatoms. The van der Waals surface area contributed by atoms with Gasteiger partial charge in [0.1, 0.15) is 0 Å². The molecule has 21 heavy (non-hydrogen) atoms. The third-order valence-electron chi connectivity index (χ3n) is 3.63. The standard InChI is InChI=1S/C15H22N2O4/c1-15(20)7-4-9-17(11-15)13(18)6-2-8-16-14(19)12-5-3-10-21-12/h3,5,10,20H,2,4,6-9,11H2,1H3,(H,16,19). The van der Waals surface area contributed by atoms with Gasteiger partial charge in [0.2, 0.25) is 5.91 Å². The van der Waals surface area contributed by atoms with Gasteiger partial charge in [-0.1, -0.05) is 0 Å². The van der Waals surface area contributed by atoms with Gasteiger partial charge in [0.25, 0.3) is 5.91 Å². The Labute approximate surface area is 124 Å². The number of rotatable bonds is 5. The molecule has 1 aliphatic rings. The Bertz CT molecular complexity index is 482. The number of piperidine rings is 1. The van der Waals surface area contributed by atoms with E-state index in [-0.39, 0.29) is 17.6 Å². The highest BCUT2D eigenvalue weighted by molar-refractivity contribution is 5.91. The van der Waals surface area contributed by atoms with Gasteiger partial charge in [0.15, 0.2) is 5.76 Å². The number of hydrogen-bond donors (Lipinski definition) is 2. The van der Waals surface area contributed by atoms with Crippen molar-refractivity contribution in [2.45, 2.75) is 38.2 Å². The van der Waals surface area contributed by atoms with Gasteiger partial charge in [-0.2, -0.15) is 0 Å². The largest absolute Gasteiger partial charge is 0.459 e. The molecule has 0 spiro atoms. The first-order valence-electron chi connectivity index (χ1n) is 7.30. The lowest BCUT2D eigenvalue weighted by molar-refractivity contribution is -0.137. The van der Waals surface area contributed by atoms with Crippen molar-refractivity contribution >= 4 is 11.8 Å². The van der Waals surface area contributed by atoms with Crippen LogP contribution in [0.4, 0.5) is 0 Å². The molecule has 2 rings (SSSR count). The normalized spacial score (nSPS) is 22.1. The SMILES string of the molecule is CC1(O)CCCN(C(=O)CCCNC(=O)c2ccco2)C1. The molecule has 2 heterocycles. The number of carbonyl (C=O) groups is 2. The third kappa shape index (κ3) is 4.60. The molecule has 0 bridgehead atoms. The molecule has 0 aliphatic carbocycles. The van der Waals surface area contributed by atoms with Crippen molar-refractivity contribution in [3.63, 3.8) is 0 Å². The number of aliphatic hydroxyl groups is 1. The van der Waals surface area contributed by atoms with Crippen molar-refractivity contribution in [3.8, 4) is 0 Å². The van der Waals surface area contributed by atoms with Crippen molar-refractivity contribution in [1.29, 1.82) is 0 Å². The van der Waals surface area contributed by atoms with E-state index in [1.165, 1.54) is 6.26 Å². The molecule has 0 saturated carbocycles. The molecule has 2 amide bonds. The van der Waals surface area contributed by atoms with Gasteiger partial charge in [-0.3, -0.25) is 9.59 Å². The zero-order valence-electron chi connectivity index (χ0n) is 12.3. The molecule has 0 radical (unpaired) electrons. The van der Waals surface area contributed by atoms with Crippen LogP contribution in [0.15, 0.2) is 22.8 Å². The highest BCUT2D eigenvalue weighted by atomic mass is 16.3. The zero-order chi connectivity index (χ0) is 15.3. The van der Waals surface area contributed by atoms with Gasteiger partial charge in [-0.05, 0) is 38.3 Å². The zero-order valence-corrected chi connectivity index (χ0v) is 12.3. The number of amides is 2. The summed E-state index contributed by atoms with van der Waals surface area (Å²) in [5, 5.41) is 12.7. The van der Waals surface area contributed by atoms with Crippen LogP contribution in [0.1, 0.15) is 43.2 Å². The number of hydrogen-bond acceptors (Lipinski definition) is 4. The molecule has 1 fully saturated rings. The lowest BCUT2D eigenvalue weighted by Crippen LogP contribution is -2.48. The van der Waals surface area contributed by atoms with Crippen LogP contribution in [0.3, 0.4) is 0 Å². The summed E-state index contributed by atoms with van der Waals surface area (Å²) in [4.78, 5) is 25.4. The van der Waals surface area contributed by atoms with Crippen molar-refractivity contribution in [3.05, 3.63) is 24.2 Å². The van der Waals surface area contributed by atoms with Crippen LogP contribution in [-0.2, 0) is 4.79 Å². The van der Waals surface area contributed by atoms with E-state index in [1.807, 2.05) is 0 Å². The maximum absolute atomic E-state index is 12.0. The van der Waals surface area contributed by atoms with Gasteiger partial charge >= 0.3 is 0 Å². The maximum atomic E-state index is 12.0. The summed E-state index contributed by atoms with van der Waals surface area (Å²) in [7, 11) is 0. The summed E-state index contributed by atoms with van der Waals surface area (Å²) >= 11 is 0. The van der Waals surface area contributed by atoms with E-state index in [1.54, 1.807) is 24.0 Å². The molecule has 1 aromatic rings. The number of carbonyl (C=O) groups excluding carboxylic acids is 2. The molecular formula is C15H22N2O4. The Morgan fingerprint density at radius 3 is 3.00 bits per heavy atom. The van der Waals surface area contributed by atoms with Crippen LogP contribution in [0.25, 0.3) is 0 Å². The first-order chi connectivity index (χ1) is 9.98. The average Bonchev–Trinajstić information content (AvgIpc) is 2.96. The first kappa shape index (κ1) is 15.6. The molecule has 2 N–H and O–H groups in total. The molecule has 6 nitrogen and oxygen atoms in total. The van der Waals surface area contributed by atoms with Gasteiger partial charge in [0, 0.05) is 26.1 Å². The van der Waals surface area contributed by atoms with E-state index in [0.717, 1.165) is 12.8 Å². The summed E-state index contributed by atoms with van der Waals surface area (Å²) in [6.07, 6.45) is 3.95. The fourth-order valence-corrected chi connectivity index (χ4v) is 2.53. The average molecular weight is 294 g/mol. The lowest BCUT2D eigenvalue weighted by Gasteiger charge is -2.36. The second-order valence-electron chi connectivity index (χ2n) is 5.75. The van der Waals surface area contributed by atoms with Gasteiger partial charge in [-0.25, -0.2) is 0 Å². The molecule has 1 aromatic heterocycles. The Kier molecular flexibility index (Phi) is 5.01. The number of nitrogens with one attached hydrogen (secondary N) is 1. The second kappa shape index (κ2) is 6.76. The van der Waals surface area contributed by atoms with Crippen molar-refractivity contribution in [2.75, 3.05) is 19.6 Å². The molecular weight excluding hydrogens is 272 g/mol. The summed E-state index contributed by atoms with van der Waals surface area (Å²) in [6.45, 7) is 3.28. The Hall–Kier alpha value is -1.82. The van der Waals surface area contributed by atoms with E-state index < -0.39 is 5.60 Å². The molecule has 116 valence electrons. The number of furan rings is 1. The van der Waals surface area contributed by atoms with Crippen LogP contribution in [0, 0.1) is 0 Å². The van der Waals surface area contributed by atoms with Crippen molar-refractivity contribution in [2.24, 2.45) is 0 Å². The number of β-amino-alcohol motifs (C(OH)–C–C–N with tert-alkyl or cyclic N) is 1. The molecule has 1 unspecified atom stereocenters. The molecule has 1 atom stereocenters. The fraction of sp³-hybridized carbons (Fsp3) is 0.600. The second-order valence-corrected chi connectivity index (χ2v) is 5.75. The van der Waals surface area contributed by atoms with E-state index in [0.29, 0.717) is 32.5 Å². The van der Waals surface area contributed by atoms with E-state index in [9.17, 15) is 14.7 Å². The van der Waals surface area contributed by atoms with E-state index >= 15 is 0 Å². The highest BCUT2D eigenvalue weighted by Crippen LogP contribution is 2.20. The highest BCUT2D eigenvalue weighted by Gasteiger charge is 2.30. The van der Waals surface area contributed by atoms with Gasteiger partial charge < -0.3 is 19.7 Å². The quantitative estimate of drug-likeness (QED) is 0.798. The molecule has 1 aliphatic heterocycles. The Morgan fingerprint density at radius 2 is 2.33 bits per heavy atom. The minimum atomic E-state index is -0.776. The Morgan fingerprint density at radius 1 is 1.52 bits per heavy atom. The monoisotopic (exact) mass is 294 g/mol. The molecule has 0 aromatic carbocycles. The predicted molar refractivity (Wildman–Crippen MR) is 76.7 cm³/mol. The Balaban J connectivity index is 1.66. The third-order valence-corrected chi connectivity index (χ3v) is 3.63. The van der Waals surface area contributed by atoms with Crippen LogP contribution >= 0.6 is 0 Å². The van der Waals surface area contributed by atoms with Crippen molar-refractivity contribution < 1.29 is 19.1 Å². The van der Waals surface area contributed by atoms with Crippen molar-refractivity contribution in [1.82, 2.24) is 10.2 Å². The lowest BCUT2D eigenvalue weighted by atomic mass is 9.95. The van der Waals surface area contributed by atoms with Crippen LogP contribution in [-0.4, -0.2) is 47.1 Å². The summed E-state index contributed by atoms with van der Waals surface area (Å²) in [5.41, 5.74) is -0.776. The summed E-state index contributed by atoms with van der Waals surface area (Å²) in [6, 6.07) is 3.25. The van der Waals surface area contributed by atoms with Gasteiger partial charge in [-0.15, -0.1) is 0 Å². The predicted octanol–water partition coefficient (Wildman–Crippen LogP) is 1.16. The van der Waals surface area contributed by atoms with E-state index in [2.05, 4.69) is 5.32 Å². The maximum Gasteiger partial charge on any atom is 0.286 e. The van der Waals surface area contributed by atoms with Crippen LogP contribution < -0.4 is 5.32 Å². The molecule has 1 saturated heterocycles. The smallest absolute Gasteiger partial charge is 0.286 e. The topological polar surface area (TPSA) is 82.8 Å². The van der Waals surface area contributed by atoms with Gasteiger partial charge in [0.05, 0.1) is 11.9 Å². The fourth-order valence-electron chi connectivity index (χ4n) is 2.53. The summed E-state index contributed by atoms with van der Waals surface area (Å²) in [5.74, 6) is 0.0315.